The number of anilines is 1. The minimum absolute atomic E-state index is 0. The summed E-state index contributed by atoms with van der Waals surface area (Å²) in [6.07, 6.45) is 0.863. The zero-order valence-corrected chi connectivity index (χ0v) is 16.1. The molecule has 3 rings (SSSR count). The number of amides is 3. The Kier molecular flexibility index (Phi) is 5.75. The number of benzene rings is 1. The molecule has 0 aliphatic carbocycles. The number of hydrogen-bond acceptors (Lipinski definition) is 5. The van der Waals surface area contributed by atoms with E-state index in [4.69, 9.17) is 5.73 Å². The summed E-state index contributed by atoms with van der Waals surface area (Å²) in [5.74, 6) is -0.802. The van der Waals surface area contributed by atoms with Gasteiger partial charge in [-0.3, -0.25) is 24.2 Å². The average molecular weight is 381 g/mol. The number of piperidine rings is 1. The first-order valence-electron chi connectivity index (χ1n) is 8.43. The second kappa shape index (κ2) is 7.34. The molecule has 3 amide bonds. The smallest absolute Gasteiger partial charge is 0.261 e. The Bertz CT molecular complexity index is 750. The lowest BCUT2D eigenvalue weighted by molar-refractivity contribution is -0.118. The number of carbonyl (C=O) groups is 3. The molecule has 0 saturated carbocycles. The SMILES string of the molecule is CN1C(=O)c2ccc(NC(=O)CN3CCC(N)C(C)(C)C3)cc2C1=O.Cl. The number of hydrogen-bond donors (Lipinski definition) is 2. The first kappa shape index (κ1) is 20.4. The molecule has 7 nitrogen and oxygen atoms in total. The van der Waals surface area contributed by atoms with Crippen molar-refractivity contribution in [2.75, 3.05) is 32.0 Å². The van der Waals surface area contributed by atoms with Gasteiger partial charge in [-0.25, -0.2) is 0 Å². The third-order valence-corrected chi connectivity index (χ3v) is 5.13. The fourth-order valence-electron chi connectivity index (χ4n) is 3.46. The molecule has 0 radical (unpaired) electrons. The van der Waals surface area contributed by atoms with Crippen molar-refractivity contribution in [2.24, 2.45) is 11.1 Å². The van der Waals surface area contributed by atoms with Gasteiger partial charge in [0, 0.05) is 31.9 Å². The molecule has 1 atom stereocenters. The predicted molar refractivity (Wildman–Crippen MR) is 102 cm³/mol. The van der Waals surface area contributed by atoms with Crippen LogP contribution in [0.15, 0.2) is 18.2 Å². The van der Waals surface area contributed by atoms with E-state index in [0.29, 0.717) is 16.8 Å². The van der Waals surface area contributed by atoms with Crippen LogP contribution in [0.3, 0.4) is 0 Å². The minimum Gasteiger partial charge on any atom is -0.327 e. The standard InChI is InChI=1S/C18H24N4O3.ClH/c1-18(2)10-22(7-6-14(18)19)9-15(23)20-11-4-5-12-13(8-11)17(25)21(3)16(12)24;/h4-5,8,14H,6-7,9-10,19H2,1-3H3,(H,20,23);1H. The normalized spacial score (nSPS) is 22.0. The Morgan fingerprint density at radius 1 is 1.27 bits per heavy atom. The maximum absolute atomic E-state index is 12.3. The van der Waals surface area contributed by atoms with Crippen molar-refractivity contribution < 1.29 is 14.4 Å². The summed E-state index contributed by atoms with van der Waals surface area (Å²) in [4.78, 5) is 39.4. The summed E-state index contributed by atoms with van der Waals surface area (Å²) >= 11 is 0. The van der Waals surface area contributed by atoms with E-state index < -0.39 is 0 Å². The number of fused-ring (bicyclic) bond motifs is 1. The highest BCUT2D eigenvalue weighted by Gasteiger charge is 2.34. The Morgan fingerprint density at radius 3 is 2.58 bits per heavy atom. The molecule has 0 spiro atoms. The highest BCUT2D eigenvalue weighted by atomic mass is 35.5. The molecule has 26 heavy (non-hydrogen) atoms. The first-order valence-corrected chi connectivity index (χ1v) is 8.43. The highest BCUT2D eigenvalue weighted by Crippen LogP contribution is 2.28. The Labute approximate surface area is 159 Å². The number of nitrogens with one attached hydrogen (secondary N) is 1. The summed E-state index contributed by atoms with van der Waals surface area (Å²) in [5, 5.41) is 2.81. The summed E-state index contributed by atoms with van der Waals surface area (Å²) in [6, 6.07) is 4.94. The zero-order valence-electron chi connectivity index (χ0n) is 15.2. The van der Waals surface area contributed by atoms with Gasteiger partial charge in [-0.05, 0) is 30.0 Å². The number of carbonyl (C=O) groups excluding carboxylic acids is 3. The molecular formula is C18H25ClN4O3. The van der Waals surface area contributed by atoms with Gasteiger partial charge in [-0.1, -0.05) is 13.8 Å². The van der Waals surface area contributed by atoms with Crippen molar-refractivity contribution in [3.63, 3.8) is 0 Å². The fraction of sp³-hybridized carbons (Fsp3) is 0.500. The van der Waals surface area contributed by atoms with Gasteiger partial charge in [0.1, 0.15) is 0 Å². The van der Waals surface area contributed by atoms with Gasteiger partial charge >= 0.3 is 0 Å². The molecular weight excluding hydrogens is 356 g/mol. The maximum Gasteiger partial charge on any atom is 0.261 e. The summed E-state index contributed by atoms with van der Waals surface area (Å²) in [7, 11) is 1.45. The van der Waals surface area contributed by atoms with E-state index in [9.17, 15) is 14.4 Å². The van der Waals surface area contributed by atoms with Gasteiger partial charge in [-0.15, -0.1) is 12.4 Å². The number of halogens is 1. The van der Waals surface area contributed by atoms with E-state index in [1.54, 1.807) is 18.2 Å². The molecule has 1 saturated heterocycles. The van der Waals surface area contributed by atoms with E-state index in [2.05, 4.69) is 24.1 Å². The van der Waals surface area contributed by atoms with E-state index in [-0.39, 0.29) is 48.1 Å². The van der Waals surface area contributed by atoms with Crippen molar-refractivity contribution in [3.05, 3.63) is 29.3 Å². The second-order valence-electron chi connectivity index (χ2n) is 7.57. The number of nitrogens with two attached hydrogens (primary N) is 1. The Hall–Kier alpha value is -1.96. The van der Waals surface area contributed by atoms with Crippen molar-refractivity contribution >= 4 is 35.8 Å². The average Bonchev–Trinajstić information content (AvgIpc) is 2.75. The lowest BCUT2D eigenvalue weighted by Gasteiger charge is -2.42. The van der Waals surface area contributed by atoms with Crippen LogP contribution in [-0.4, -0.2) is 60.2 Å². The summed E-state index contributed by atoms with van der Waals surface area (Å²) in [5.41, 5.74) is 7.32. The van der Waals surface area contributed by atoms with E-state index in [0.717, 1.165) is 24.4 Å². The predicted octanol–water partition coefficient (Wildman–Crippen LogP) is 1.33. The molecule has 2 aliphatic heterocycles. The molecule has 1 aromatic rings. The van der Waals surface area contributed by atoms with Crippen molar-refractivity contribution in [3.8, 4) is 0 Å². The molecule has 142 valence electrons. The van der Waals surface area contributed by atoms with Gasteiger partial charge < -0.3 is 11.1 Å². The van der Waals surface area contributed by atoms with Crippen LogP contribution < -0.4 is 11.1 Å². The van der Waals surface area contributed by atoms with Crippen LogP contribution in [0.4, 0.5) is 5.69 Å². The van der Waals surface area contributed by atoms with Crippen LogP contribution >= 0.6 is 12.4 Å². The molecule has 2 heterocycles. The molecule has 0 bridgehead atoms. The first-order chi connectivity index (χ1) is 11.7. The van der Waals surface area contributed by atoms with Crippen molar-refractivity contribution in [1.29, 1.82) is 0 Å². The van der Waals surface area contributed by atoms with Gasteiger partial charge in [0.15, 0.2) is 0 Å². The van der Waals surface area contributed by atoms with Gasteiger partial charge in [0.2, 0.25) is 5.91 Å². The second-order valence-corrected chi connectivity index (χ2v) is 7.57. The highest BCUT2D eigenvalue weighted by molar-refractivity contribution is 6.21. The van der Waals surface area contributed by atoms with Crippen LogP contribution in [0.5, 0.6) is 0 Å². The number of likely N-dealkylation sites (tertiary alicyclic amines) is 1. The number of imide groups is 1. The van der Waals surface area contributed by atoms with Crippen LogP contribution in [0.25, 0.3) is 0 Å². The van der Waals surface area contributed by atoms with E-state index >= 15 is 0 Å². The topological polar surface area (TPSA) is 95.7 Å². The van der Waals surface area contributed by atoms with Gasteiger partial charge in [0.25, 0.3) is 11.8 Å². The third kappa shape index (κ3) is 3.75. The van der Waals surface area contributed by atoms with E-state index in [1.807, 2.05) is 0 Å². The third-order valence-electron chi connectivity index (χ3n) is 5.13. The van der Waals surface area contributed by atoms with Gasteiger partial charge in [-0.2, -0.15) is 0 Å². The monoisotopic (exact) mass is 380 g/mol. The largest absolute Gasteiger partial charge is 0.327 e. The summed E-state index contributed by atoms with van der Waals surface area (Å²) < 4.78 is 0. The molecule has 8 heteroatoms. The molecule has 1 aromatic carbocycles. The molecule has 1 fully saturated rings. The van der Waals surface area contributed by atoms with Crippen LogP contribution in [0, 0.1) is 5.41 Å². The van der Waals surface area contributed by atoms with E-state index in [1.165, 1.54) is 7.05 Å². The molecule has 0 aromatic heterocycles. The van der Waals surface area contributed by atoms with Crippen molar-refractivity contribution in [1.82, 2.24) is 9.80 Å². The molecule has 1 unspecified atom stereocenters. The number of rotatable bonds is 3. The lowest BCUT2D eigenvalue weighted by atomic mass is 9.80. The van der Waals surface area contributed by atoms with Gasteiger partial charge in [0.05, 0.1) is 17.7 Å². The molecule has 2 aliphatic rings. The Morgan fingerprint density at radius 2 is 1.92 bits per heavy atom. The zero-order chi connectivity index (χ0) is 18.4. The maximum atomic E-state index is 12.3. The quantitative estimate of drug-likeness (QED) is 0.771. The molecule has 3 N–H and O–H groups in total. The van der Waals surface area contributed by atoms with Crippen LogP contribution in [0.1, 0.15) is 41.0 Å². The fourth-order valence-corrected chi connectivity index (χ4v) is 3.46. The van der Waals surface area contributed by atoms with Crippen molar-refractivity contribution in [2.45, 2.75) is 26.3 Å². The number of nitrogens with zero attached hydrogens (tertiary/aromatic N) is 2. The van der Waals surface area contributed by atoms with Crippen LogP contribution in [-0.2, 0) is 4.79 Å². The summed E-state index contributed by atoms with van der Waals surface area (Å²) in [6.45, 7) is 6.06. The van der Waals surface area contributed by atoms with Crippen LogP contribution in [0.2, 0.25) is 0 Å². The minimum atomic E-state index is -0.345. The Balaban J connectivity index is 0.00000243. The lowest BCUT2D eigenvalue weighted by Crippen LogP contribution is -2.53.